The molecule has 0 saturated heterocycles. The van der Waals surface area contributed by atoms with Crippen LogP contribution in [-0.2, 0) is 6.42 Å². The van der Waals surface area contributed by atoms with Gasteiger partial charge in [-0.3, -0.25) is 9.78 Å². The van der Waals surface area contributed by atoms with E-state index in [1.165, 1.54) is 25.7 Å². The molecule has 168 valence electrons. The van der Waals surface area contributed by atoms with Crippen LogP contribution in [0.4, 0.5) is 0 Å². The molecule has 1 aromatic carbocycles. The molecule has 1 saturated carbocycles. The van der Waals surface area contributed by atoms with Gasteiger partial charge in [0.15, 0.2) is 17.3 Å². The number of hydrogen-bond donors (Lipinski definition) is 0. The van der Waals surface area contributed by atoms with Crippen molar-refractivity contribution in [2.75, 3.05) is 13.7 Å². The minimum atomic E-state index is 0.00930. The van der Waals surface area contributed by atoms with E-state index in [9.17, 15) is 4.79 Å². The average Bonchev–Trinajstić information content (AvgIpc) is 3.50. The Morgan fingerprint density at radius 1 is 1.19 bits per heavy atom. The molecule has 6 heteroatoms. The van der Waals surface area contributed by atoms with Crippen molar-refractivity contribution in [1.29, 1.82) is 0 Å². The van der Waals surface area contributed by atoms with Gasteiger partial charge in [0.2, 0.25) is 5.89 Å². The van der Waals surface area contributed by atoms with E-state index in [1.54, 1.807) is 19.6 Å². The third-order valence-electron chi connectivity index (χ3n) is 6.10. The van der Waals surface area contributed by atoms with Crippen molar-refractivity contribution in [1.82, 2.24) is 9.97 Å². The Bertz CT molecular complexity index is 1050. The quantitative estimate of drug-likeness (QED) is 0.374. The summed E-state index contributed by atoms with van der Waals surface area (Å²) in [6, 6.07) is 9.41. The number of aryl methyl sites for hydroxylation is 2. The number of benzene rings is 1. The second-order valence-electron chi connectivity index (χ2n) is 8.39. The maximum absolute atomic E-state index is 12.5. The zero-order chi connectivity index (χ0) is 22.3. The molecule has 0 amide bonds. The molecular formula is C26H30N2O4. The van der Waals surface area contributed by atoms with Gasteiger partial charge in [-0.05, 0) is 49.1 Å². The smallest absolute Gasteiger partial charge is 0.226 e. The van der Waals surface area contributed by atoms with Crippen molar-refractivity contribution in [3.05, 3.63) is 59.7 Å². The van der Waals surface area contributed by atoms with Crippen LogP contribution in [0.1, 0.15) is 60.3 Å². The molecule has 0 aliphatic heterocycles. The van der Waals surface area contributed by atoms with Crippen LogP contribution < -0.4 is 9.47 Å². The first kappa shape index (κ1) is 22.1. The van der Waals surface area contributed by atoms with E-state index >= 15 is 0 Å². The Morgan fingerprint density at radius 2 is 2.03 bits per heavy atom. The van der Waals surface area contributed by atoms with Crippen LogP contribution in [0.2, 0.25) is 0 Å². The van der Waals surface area contributed by atoms with Crippen LogP contribution in [0, 0.1) is 12.8 Å². The fourth-order valence-corrected chi connectivity index (χ4v) is 4.25. The largest absolute Gasteiger partial charge is 0.493 e. The summed E-state index contributed by atoms with van der Waals surface area (Å²) in [5, 5.41) is 0. The normalized spacial score (nSPS) is 13.9. The number of pyridine rings is 1. The van der Waals surface area contributed by atoms with E-state index in [1.807, 2.05) is 37.3 Å². The van der Waals surface area contributed by atoms with Gasteiger partial charge in [-0.2, -0.15) is 0 Å². The summed E-state index contributed by atoms with van der Waals surface area (Å²) in [6.07, 6.45) is 10.4. The SMILES string of the molecule is COc1ccc(-c2nc(CCC(=O)c3ncccc3C)co2)cc1OCCC1CCCC1. The molecule has 0 spiro atoms. The number of nitrogens with zero attached hydrogens (tertiary/aromatic N) is 2. The fourth-order valence-electron chi connectivity index (χ4n) is 4.25. The van der Waals surface area contributed by atoms with Crippen LogP contribution in [0.5, 0.6) is 11.5 Å². The number of Topliss-reactive ketones (excluding diaryl/α,β-unsaturated/α-hetero) is 1. The Labute approximate surface area is 189 Å². The van der Waals surface area contributed by atoms with E-state index in [2.05, 4.69) is 9.97 Å². The maximum atomic E-state index is 12.5. The second-order valence-corrected chi connectivity index (χ2v) is 8.39. The Morgan fingerprint density at radius 3 is 2.81 bits per heavy atom. The summed E-state index contributed by atoms with van der Waals surface area (Å²) in [5.41, 5.74) is 2.96. The molecule has 3 aromatic rings. The van der Waals surface area contributed by atoms with E-state index < -0.39 is 0 Å². The molecule has 1 fully saturated rings. The molecule has 0 radical (unpaired) electrons. The minimum Gasteiger partial charge on any atom is -0.493 e. The van der Waals surface area contributed by atoms with Gasteiger partial charge in [-0.25, -0.2) is 4.98 Å². The van der Waals surface area contributed by atoms with Crippen molar-refractivity contribution >= 4 is 5.78 Å². The summed E-state index contributed by atoms with van der Waals surface area (Å²) >= 11 is 0. The van der Waals surface area contributed by atoms with Gasteiger partial charge in [0.05, 0.1) is 19.4 Å². The third kappa shape index (κ3) is 5.36. The lowest BCUT2D eigenvalue weighted by Gasteiger charge is -2.13. The second kappa shape index (κ2) is 10.4. The van der Waals surface area contributed by atoms with Gasteiger partial charge < -0.3 is 13.9 Å². The zero-order valence-corrected chi connectivity index (χ0v) is 18.8. The van der Waals surface area contributed by atoms with Crippen molar-refractivity contribution in [2.24, 2.45) is 5.92 Å². The number of rotatable bonds is 10. The summed E-state index contributed by atoms with van der Waals surface area (Å²) in [5.74, 6) is 2.68. The molecule has 0 unspecified atom stereocenters. The number of hydrogen-bond acceptors (Lipinski definition) is 6. The van der Waals surface area contributed by atoms with Gasteiger partial charge >= 0.3 is 0 Å². The van der Waals surface area contributed by atoms with Gasteiger partial charge in [-0.1, -0.05) is 31.7 Å². The van der Waals surface area contributed by atoms with Crippen LogP contribution in [-0.4, -0.2) is 29.5 Å². The first-order valence-corrected chi connectivity index (χ1v) is 11.3. The standard InChI is InChI=1S/C26H30N2O4/c1-18-6-5-14-27-25(18)22(29)11-10-21-17-32-26(28-21)20-9-12-23(30-2)24(16-20)31-15-13-19-7-3-4-8-19/h5-6,9,12,14,16-17,19H,3-4,7-8,10-11,13,15H2,1-2H3. The van der Waals surface area contributed by atoms with Gasteiger partial charge in [0.1, 0.15) is 12.0 Å². The first-order valence-electron chi connectivity index (χ1n) is 11.3. The Balaban J connectivity index is 1.39. The molecule has 1 aliphatic rings. The van der Waals surface area contributed by atoms with Gasteiger partial charge in [0, 0.05) is 24.6 Å². The monoisotopic (exact) mass is 434 g/mol. The summed E-state index contributed by atoms with van der Waals surface area (Å²) < 4.78 is 17.2. The molecular weight excluding hydrogens is 404 g/mol. The lowest BCUT2D eigenvalue weighted by molar-refractivity contribution is 0.0977. The molecule has 2 heterocycles. The summed E-state index contributed by atoms with van der Waals surface area (Å²) in [7, 11) is 1.64. The highest BCUT2D eigenvalue weighted by molar-refractivity contribution is 5.95. The predicted molar refractivity (Wildman–Crippen MR) is 122 cm³/mol. The maximum Gasteiger partial charge on any atom is 0.226 e. The van der Waals surface area contributed by atoms with Crippen LogP contribution in [0.15, 0.2) is 47.2 Å². The average molecular weight is 435 g/mol. The lowest BCUT2D eigenvalue weighted by Crippen LogP contribution is -2.06. The molecule has 4 rings (SSSR count). The minimum absolute atomic E-state index is 0.00930. The number of ether oxygens (including phenoxy) is 2. The van der Waals surface area contributed by atoms with Gasteiger partial charge in [0.25, 0.3) is 0 Å². The zero-order valence-electron chi connectivity index (χ0n) is 18.8. The highest BCUT2D eigenvalue weighted by atomic mass is 16.5. The molecule has 0 N–H and O–H groups in total. The molecule has 6 nitrogen and oxygen atoms in total. The molecule has 2 aromatic heterocycles. The Kier molecular flexibility index (Phi) is 7.20. The highest BCUT2D eigenvalue weighted by Crippen LogP contribution is 2.33. The number of ketones is 1. The molecule has 32 heavy (non-hydrogen) atoms. The summed E-state index contributed by atoms with van der Waals surface area (Å²) in [4.78, 5) is 21.2. The van der Waals surface area contributed by atoms with Gasteiger partial charge in [-0.15, -0.1) is 0 Å². The molecule has 1 aliphatic carbocycles. The third-order valence-corrected chi connectivity index (χ3v) is 6.10. The number of carbonyl (C=O) groups excluding carboxylic acids is 1. The van der Waals surface area contributed by atoms with Crippen LogP contribution in [0.25, 0.3) is 11.5 Å². The number of carbonyl (C=O) groups is 1. The number of aromatic nitrogens is 2. The van der Waals surface area contributed by atoms with E-state index in [0.29, 0.717) is 42.5 Å². The molecule has 0 bridgehead atoms. The van der Waals surface area contributed by atoms with E-state index in [0.717, 1.165) is 29.2 Å². The van der Waals surface area contributed by atoms with Crippen LogP contribution in [0.3, 0.4) is 0 Å². The fraction of sp³-hybridized carbons (Fsp3) is 0.423. The summed E-state index contributed by atoms with van der Waals surface area (Å²) in [6.45, 7) is 2.57. The van der Waals surface area contributed by atoms with Crippen molar-refractivity contribution in [3.63, 3.8) is 0 Å². The van der Waals surface area contributed by atoms with Crippen LogP contribution >= 0.6 is 0 Å². The van der Waals surface area contributed by atoms with Crippen molar-refractivity contribution in [3.8, 4) is 23.0 Å². The van der Waals surface area contributed by atoms with Crippen molar-refractivity contribution < 1.29 is 18.7 Å². The topological polar surface area (TPSA) is 74.5 Å². The molecule has 0 atom stereocenters. The number of oxazole rings is 1. The van der Waals surface area contributed by atoms with E-state index in [-0.39, 0.29) is 5.78 Å². The van der Waals surface area contributed by atoms with Crippen molar-refractivity contribution in [2.45, 2.75) is 51.9 Å². The first-order chi connectivity index (χ1) is 15.6. The van der Waals surface area contributed by atoms with E-state index in [4.69, 9.17) is 13.9 Å². The number of methoxy groups -OCH3 is 1. The highest BCUT2D eigenvalue weighted by Gasteiger charge is 2.17. The lowest BCUT2D eigenvalue weighted by atomic mass is 10.1. The Hall–Kier alpha value is -3.15. The predicted octanol–water partition coefficient (Wildman–Crippen LogP) is 5.83.